The maximum absolute atomic E-state index is 12.8. The Kier molecular flexibility index (Phi) is 7.80. The zero-order chi connectivity index (χ0) is 24.0. The highest BCUT2D eigenvalue weighted by atomic mass is 32.2. The molecule has 3 aromatic rings. The molecule has 1 saturated heterocycles. The first-order valence-corrected chi connectivity index (χ1v) is 11.8. The number of rotatable bonds is 4. The van der Waals surface area contributed by atoms with Gasteiger partial charge in [-0.3, -0.25) is 4.90 Å². The van der Waals surface area contributed by atoms with Crippen LogP contribution in [0.15, 0.2) is 71.6 Å². The molecular weight excluding hydrogens is 444 g/mol. The van der Waals surface area contributed by atoms with Gasteiger partial charge in [0.15, 0.2) is 0 Å². The number of benzene rings is 3. The minimum atomic E-state index is -3.40. The molecule has 1 aliphatic heterocycles. The first-order chi connectivity index (χ1) is 15.7. The number of hydrogen-bond donors (Lipinski definition) is 2. The highest BCUT2D eigenvalue weighted by Crippen LogP contribution is 2.22. The summed E-state index contributed by atoms with van der Waals surface area (Å²) in [6.07, 6.45) is 0. The minimum Gasteiger partial charge on any atom is -0.473 e. The van der Waals surface area contributed by atoms with E-state index in [1.165, 1.54) is 16.3 Å². The molecule has 8 nitrogen and oxygen atoms in total. The first-order valence-electron chi connectivity index (χ1n) is 10.4. The summed E-state index contributed by atoms with van der Waals surface area (Å²) in [5.74, 6) is -3.65. The van der Waals surface area contributed by atoms with E-state index >= 15 is 0 Å². The summed E-state index contributed by atoms with van der Waals surface area (Å²) in [6.45, 7) is 5.35. The zero-order valence-electron chi connectivity index (χ0n) is 18.2. The van der Waals surface area contributed by atoms with E-state index in [0.29, 0.717) is 18.0 Å². The first kappa shape index (κ1) is 24.4. The van der Waals surface area contributed by atoms with Gasteiger partial charge in [-0.05, 0) is 35.4 Å². The van der Waals surface area contributed by atoms with Crippen LogP contribution in [-0.2, 0) is 26.2 Å². The van der Waals surface area contributed by atoms with Crippen LogP contribution in [0.5, 0.6) is 0 Å². The number of aryl methyl sites for hydroxylation is 1. The molecule has 33 heavy (non-hydrogen) atoms. The normalized spacial score (nSPS) is 14.9. The van der Waals surface area contributed by atoms with Crippen molar-refractivity contribution in [2.45, 2.75) is 18.4 Å². The molecule has 2 N–H and O–H groups in total. The second-order valence-corrected chi connectivity index (χ2v) is 9.68. The summed E-state index contributed by atoms with van der Waals surface area (Å²) in [5, 5.41) is 17.3. The smallest absolute Gasteiger partial charge is 0.414 e. The van der Waals surface area contributed by atoms with Gasteiger partial charge in [-0.2, -0.15) is 4.31 Å². The van der Waals surface area contributed by atoms with Crippen LogP contribution in [0.4, 0.5) is 0 Å². The number of aliphatic carboxylic acids is 2. The van der Waals surface area contributed by atoms with Crippen LogP contribution in [0.2, 0.25) is 0 Å². The van der Waals surface area contributed by atoms with Gasteiger partial charge in [-0.1, -0.05) is 60.2 Å². The fourth-order valence-corrected chi connectivity index (χ4v) is 5.08. The summed E-state index contributed by atoms with van der Waals surface area (Å²) >= 11 is 0. The monoisotopic (exact) mass is 470 g/mol. The molecule has 3 aromatic carbocycles. The van der Waals surface area contributed by atoms with Crippen molar-refractivity contribution in [1.29, 1.82) is 0 Å². The van der Waals surface area contributed by atoms with Gasteiger partial charge in [-0.25, -0.2) is 18.0 Å². The molecule has 0 atom stereocenters. The van der Waals surface area contributed by atoms with Crippen LogP contribution in [0.3, 0.4) is 0 Å². The Labute approximate surface area is 192 Å². The minimum absolute atomic E-state index is 0.385. The van der Waals surface area contributed by atoms with Crippen molar-refractivity contribution in [2.24, 2.45) is 0 Å². The van der Waals surface area contributed by atoms with Crippen LogP contribution < -0.4 is 0 Å². The Hall–Kier alpha value is -3.27. The van der Waals surface area contributed by atoms with Crippen molar-refractivity contribution in [3.8, 4) is 0 Å². The Morgan fingerprint density at radius 2 is 1.39 bits per heavy atom. The third-order valence-corrected chi connectivity index (χ3v) is 7.36. The summed E-state index contributed by atoms with van der Waals surface area (Å²) in [7, 11) is -3.40. The Morgan fingerprint density at radius 1 is 0.818 bits per heavy atom. The lowest BCUT2D eigenvalue weighted by Crippen LogP contribution is -2.48. The molecule has 0 radical (unpaired) electrons. The summed E-state index contributed by atoms with van der Waals surface area (Å²) in [4.78, 5) is 20.9. The average molecular weight is 471 g/mol. The molecule has 0 amide bonds. The topological polar surface area (TPSA) is 115 Å². The lowest BCUT2D eigenvalue weighted by Gasteiger charge is -2.34. The quantitative estimate of drug-likeness (QED) is 0.564. The van der Waals surface area contributed by atoms with Gasteiger partial charge in [0.25, 0.3) is 0 Å². The maximum atomic E-state index is 12.8. The molecule has 0 aromatic heterocycles. The van der Waals surface area contributed by atoms with Gasteiger partial charge in [-0.15, -0.1) is 0 Å². The van der Waals surface area contributed by atoms with Gasteiger partial charge < -0.3 is 10.2 Å². The third kappa shape index (κ3) is 6.16. The Bertz CT molecular complexity index is 1220. The van der Waals surface area contributed by atoms with Gasteiger partial charge in [0.1, 0.15) is 0 Å². The predicted molar refractivity (Wildman–Crippen MR) is 124 cm³/mol. The van der Waals surface area contributed by atoms with Gasteiger partial charge in [0.05, 0.1) is 4.90 Å². The van der Waals surface area contributed by atoms with Crippen LogP contribution in [0.1, 0.15) is 11.1 Å². The van der Waals surface area contributed by atoms with Crippen molar-refractivity contribution >= 4 is 32.7 Å². The Morgan fingerprint density at radius 3 is 2.00 bits per heavy atom. The van der Waals surface area contributed by atoms with E-state index in [9.17, 15) is 8.42 Å². The number of carbonyl (C=O) groups is 2. The number of carboxylic acids is 2. The van der Waals surface area contributed by atoms with E-state index in [2.05, 4.69) is 47.4 Å². The molecule has 0 unspecified atom stereocenters. The van der Waals surface area contributed by atoms with Crippen LogP contribution >= 0.6 is 0 Å². The number of hydrogen-bond acceptors (Lipinski definition) is 5. The van der Waals surface area contributed by atoms with Crippen molar-refractivity contribution in [2.75, 3.05) is 26.2 Å². The largest absolute Gasteiger partial charge is 0.473 e. The lowest BCUT2D eigenvalue weighted by atomic mass is 10.0. The molecule has 1 aliphatic rings. The fraction of sp³-hybridized carbons (Fsp3) is 0.250. The van der Waals surface area contributed by atoms with Crippen LogP contribution in [-0.4, -0.2) is 66.0 Å². The van der Waals surface area contributed by atoms with E-state index in [0.717, 1.165) is 25.2 Å². The van der Waals surface area contributed by atoms with Gasteiger partial charge >= 0.3 is 11.9 Å². The summed E-state index contributed by atoms with van der Waals surface area (Å²) in [6, 6.07) is 21.9. The standard InChI is InChI=1S/C22H24N2O2S.C2H2O4/c1-18-9-11-21(12-10-18)27(25,26)24-15-13-23(14-16-24)17-20-7-4-6-19-5-2-3-8-22(19)20;3-1(4)2(5)6/h2-12H,13-17H2,1H3;(H,3,4)(H,5,6). The third-order valence-electron chi connectivity index (χ3n) is 5.45. The molecule has 1 fully saturated rings. The van der Waals surface area contributed by atoms with Crippen molar-refractivity contribution in [3.05, 3.63) is 77.9 Å². The second kappa shape index (κ2) is 10.6. The predicted octanol–water partition coefficient (Wildman–Crippen LogP) is 2.81. The van der Waals surface area contributed by atoms with Crippen LogP contribution in [0.25, 0.3) is 10.8 Å². The number of sulfonamides is 1. The molecule has 1 heterocycles. The molecule has 0 spiro atoms. The van der Waals surface area contributed by atoms with Crippen molar-refractivity contribution in [3.63, 3.8) is 0 Å². The number of piperazine rings is 1. The van der Waals surface area contributed by atoms with Gasteiger partial charge in [0, 0.05) is 32.7 Å². The fourth-order valence-electron chi connectivity index (χ4n) is 3.66. The van der Waals surface area contributed by atoms with E-state index in [4.69, 9.17) is 19.8 Å². The van der Waals surface area contributed by atoms with Crippen molar-refractivity contribution < 1.29 is 28.2 Å². The van der Waals surface area contributed by atoms with E-state index in [-0.39, 0.29) is 0 Å². The molecule has 4 rings (SSSR count). The lowest BCUT2D eigenvalue weighted by molar-refractivity contribution is -0.159. The zero-order valence-corrected chi connectivity index (χ0v) is 19.0. The SMILES string of the molecule is Cc1ccc(S(=O)(=O)N2CCN(Cc3cccc4ccccc34)CC2)cc1.O=C(O)C(=O)O. The second-order valence-electron chi connectivity index (χ2n) is 7.74. The molecular formula is C24H26N2O6S. The van der Waals surface area contributed by atoms with E-state index in [1.807, 2.05) is 19.1 Å². The van der Waals surface area contributed by atoms with Crippen LogP contribution in [0, 0.1) is 6.92 Å². The van der Waals surface area contributed by atoms with E-state index in [1.54, 1.807) is 16.4 Å². The molecule has 9 heteroatoms. The summed E-state index contributed by atoms with van der Waals surface area (Å²) in [5.41, 5.74) is 2.36. The number of nitrogens with zero attached hydrogens (tertiary/aromatic N) is 2. The number of carboxylic acid groups (broad SMARTS) is 2. The average Bonchev–Trinajstić information content (AvgIpc) is 2.80. The molecule has 174 valence electrons. The molecule has 0 saturated carbocycles. The van der Waals surface area contributed by atoms with Gasteiger partial charge in [0.2, 0.25) is 10.0 Å². The summed E-state index contributed by atoms with van der Waals surface area (Å²) < 4.78 is 27.3. The molecule has 0 bridgehead atoms. The molecule has 0 aliphatic carbocycles. The maximum Gasteiger partial charge on any atom is 0.414 e. The van der Waals surface area contributed by atoms with E-state index < -0.39 is 22.0 Å². The highest BCUT2D eigenvalue weighted by molar-refractivity contribution is 7.89. The highest BCUT2D eigenvalue weighted by Gasteiger charge is 2.28. The number of fused-ring (bicyclic) bond motifs is 1. The Balaban J connectivity index is 0.000000454. The van der Waals surface area contributed by atoms with Crippen molar-refractivity contribution in [1.82, 2.24) is 9.21 Å².